The van der Waals surface area contributed by atoms with E-state index in [-0.39, 0.29) is 0 Å². The molecule has 0 spiro atoms. The normalized spacial score (nSPS) is 10.8. The number of benzene rings is 2. The highest BCUT2D eigenvalue weighted by Gasteiger charge is 2.12. The maximum atomic E-state index is 2.46. The first kappa shape index (κ1) is 32.5. The zero-order valence-electron chi connectivity index (χ0n) is 25.2. The smallest absolute Gasteiger partial charge is 0.0279 e. The lowest BCUT2D eigenvalue weighted by Gasteiger charge is -2.19. The zero-order valence-corrected chi connectivity index (χ0v) is 25.2. The van der Waals surface area contributed by atoms with E-state index >= 15 is 0 Å². The third kappa shape index (κ3) is 12.6. The second kappa shape index (κ2) is 21.5. The van der Waals surface area contributed by atoms with Gasteiger partial charge in [0.1, 0.15) is 0 Å². The van der Waals surface area contributed by atoms with Crippen LogP contribution in [-0.4, -0.2) is 0 Å². The van der Waals surface area contributed by atoms with Crippen molar-refractivity contribution in [2.75, 3.05) is 0 Å². The van der Waals surface area contributed by atoms with Crippen molar-refractivity contribution in [2.45, 2.75) is 157 Å². The molecule has 204 valence electrons. The molecule has 0 aromatic heterocycles. The van der Waals surface area contributed by atoms with Crippen LogP contribution < -0.4 is 0 Å². The second-order valence-corrected chi connectivity index (χ2v) is 10.5. The minimum absolute atomic E-state index is 1.17. The van der Waals surface area contributed by atoms with Crippen LogP contribution in [0.15, 0.2) is 36.4 Å². The van der Waals surface area contributed by atoms with Crippen LogP contribution in [0.4, 0.5) is 0 Å². The quantitative estimate of drug-likeness (QED) is 0.181. The highest BCUT2D eigenvalue weighted by Crippen LogP contribution is 2.26. The molecule has 0 aliphatic carbocycles. The molecule has 2 rings (SSSR count). The minimum atomic E-state index is 1.17. The van der Waals surface area contributed by atoms with E-state index in [0.29, 0.717) is 0 Å². The molecule has 0 amide bonds. The zero-order chi connectivity index (χ0) is 26.4. The summed E-state index contributed by atoms with van der Waals surface area (Å²) in [6.07, 6.45) is 24.4. The Bertz CT molecular complexity index is 740. The van der Waals surface area contributed by atoms with Gasteiger partial charge in [-0.3, -0.25) is 0 Å². The molecule has 0 nitrogen and oxygen atoms in total. The fourth-order valence-corrected chi connectivity index (χ4v) is 5.71. The van der Waals surface area contributed by atoms with Crippen molar-refractivity contribution in [1.29, 1.82) is 0 Å². The molecule has 0 heteroatoms. The Morgan fingerprint density at radius 2 is 0.833 bits per heavy atom. The monoisotopic (exact) mass is 492 g/mol. The summed E-state index contributed by atoms with van der Waals surface area (Å²) in [7, 11) is 0. The van der Waals surface area contributed by atoms with Gasteiger partial charge < -0.3 is 0 Å². The molecule has 0 bridgehead atoms. The maximum absolute atomic E-state index is 2.46. The highest BCUT2D eigenvalue weighted by molar-refractivity contribution is 5.46. The molecule has 0 saturated heterocycles. The molecule has 0 aliphatic heterocycles. The molecule has 0 unspecified atom stereocenters. The van der Waals surface area contributed by atoms with Gasteiger partial charge in [-0.1, -0.05) is 149 Å². The number of aryl methyl sites for hydroxylation is 3. The average molecular weight is 493 g/mol. The molecule has 0 saturated carbocycles. The lowest BCUT2D eigenvalue weighted by Crippen LogP contribution is -2.06. The minimum Gasteiger partial charge on any atom is -0.0654 e. The molecule has 0 N–H and O–H groups in total. The third-order valence-corrected chi connectivity index (χ3v) is 7.84. The summed E-state index contributed by atoms with van der Waals surface area (Å²) in [4.78, 5) is 0. The summed E-state index contributed by atoms with van der Waals surface area (Å²) in [5.74, 6) is 0. The molecule has 0 heterocycles. The van der Waals surface area contributed by atoms with Crippen molar-refractivity contribution in [3.8, 4) is 0 Å². The van der Waals surface area contributed by atoms with Crippen LogP contribution in [0.1, 0.15) is 152 Å². The van der Waals surface area contributed by atoms with Gasteiger partial charge in [0, 0.05) is 0 Å². The number of hydrogen-bond donors (Lipinski definition) is 0. The number of unbranched alkanes of at least 4 members (excludes halogenated alkanes) is 11. The standard InChI is InChI=1S/C20H34.C16H26/c1-2-3-4-5-6-7-8-9-10-11-12-14-17-20-18-15-13-16-19-20;1-6-12-11-13(7-2)15(9-4)16(10-5)14(12)8-3/h13,15-16,18-19H,2-12,14,17H2,1H3;11H,6-10H2,1-5H3. The first-order valence-corrected chi connectivity index (χ1v) is 15.9. The van der Waals surface area contributed by atoms with E-state index in [0.717, 1.165) is 0 Å². The van der Waals surface area contributed by atoms with Crippen molar-refractivity contribution in [3.63, 3.8) is 0 Å². The first-order valence-electron chi connectivity index (χ1n) is 15.9. The second-order valence-electron chi connectivity index (χ2n) is 10.5. The van der Waals surface area contributed by atoms with E-state index in [4.69, 9.17) is 0 Å². The van der Waals surface area contributed by atoms with Crippen LogP contribution in [0.5, 0.6) is 0 Å². The summed E-state index contributed by atoms with van der Waals surface area (Å²) in [6.45, 7) is 13.7. The van der Waals surface area contributed by atoms with Gasteiger partial charge in [0.05, 0.1) is 0 Å². The summed E-state index contributed by atoms with van der Waals surface area (Å²) in [5.41, 5.74) is 9.54. The van der Waals surface area contributed by atoms with Gasteiger partial charge in [-0.2, -0.15) is 0 Å². The molecule has 0 fully saturated rings. The number of hydrogen-bond acceptors (Lipinski definition) is 0. The lowest BCUT2D eigenvalue weighted by atomic mass is 9.86. The SMILES string of the molecule is CCCCCCCCCCCCCCc1ccccc1.CCc1cc(CC)c(CC)c(CC)c1CC. The van der Waals surface area contributed by atoms with Gasteiger partial charge in [-0.15, -0.1) is 0 Å². The van der Waals surface area contributed by atoms with E-state index in [1.165, 1.54) is 121 Å². The lowest BCUT2D eigenvalue weighted by molar-refractivity contribution is 0.544. The fraction of sp³-hybridized carbons (Fsp3) is 0.667. The Balaban J connectivity index is 0.000000369. The van der Waals surface area contributed by atoms with Gasteiger partial charge in [0.15, 0.2) is 0 Å². The molecule has 0 atom stereocenters. The van der Waals surface area contributed by atoms with E-state index in [2.05, 4.69) is 77.9 Å². The van der Waals surface area contributed by atoms with Crippen molar-refractivity contribution in [1.82, 2.24) is 0 Å². The average Bonchev–Trinajstić information content (AvgIpc) is 2.93. The molecule has 36 heavy (non-hydrogen) atoms. The van der Waals surface area contributed by atoms with Crippen molar-refractivity contribution in [2.24, 2.45) is 0 Å². The Hall–Kier alpha value is -1.56. The maximum Gasteiger partial charge on any atom is -0.0279 e. The molecule has 2 aromatic rings. The van der Waals surface area contributed by atoms with Gasteiger partial charge in [0.25, 0.3) is 0 Å². The van der Waals surface area contributed by atoms with Gasteiger partial charge in [-0.25, -0.2) is 0 Å². The van der Waals surface area contributed by atoms with Crippen LogP contribution in [0.2, 0.25) is 0 Å². The van der Waals surface area contributed by atoms with Crippen LogP contribution in [0, 0.1) is 0 Å². The predicted molar refractivity (Wildman–Crippen MR) is 165 cm³/mol. The summed E-state index contributed by atoms with van der Waals surface area (Å²) >= 11 is 0. The largest absolute Gasteiger partial charge is 0.0654 e. The van der Waals surface area contributed by atoms with Gasteiger partial charge >= 0.3 is 0 Å². The first-order chi connectivity index (χ1) is 17.7. The van der Waals surface area contributed by atoms with Gasteiger partial charge in [-0.05, 0) is 78.3 Å². The van der Waals surface area contributed by atoms with Crippen molar-refractivity contribution in [3.05, 3.63) is 69.8 Å². The van der Waals surface area contributed by atoms with Crippen LogP contribution in [0.25, 0.3) is 0 Å². The van der Waals surface area contributed by atoms with Crippen molar-refractivity contribution >= 4 is 0 Å². The van der Waals surface area contributed by atoms with Gasteiger partial charge in [0.2, 0.25) is 0 Å². The van der Waals surface area contributed by atoms with E-state index in [1.807, 2.05) is 0 Å². The summed E-state index contributed by atoms with van der Waals surface area (Å²) < 4.78 is 0. The fourth-order valence-electron chi connectivity index (χ4n) is 5.71. The topological polar surface area (TPSA) is 0 Å². The predicted octanol–water partition coefficient (Wildman–Crippen LogP) is 11.4. The summed E-state index contributed by atoms with van der Waals surface area (Å²) in [5, 5.41) is 0. The van der Waals surface area contributed by atoms with Crippen LogP contribution in [0.3, 0.4) is 0 Å². The Kier molecular flexibility index (Phi) is 19.4. The molecular formula is C36H60. The van der Waals surface area contributed by atoms with E-state index < -0.39 is 0 Å². The number of rotatable bonds is 18. The van der Waals surface area contributed by atoms with E-state index in [9.17, 15) is 0 Å². The van der Waals surface area contributed by atoms with Crippen LogP contribution >= 0.6 is 0 Å². The Morgan fingerprint density at radius 3 is 1.22 bits per heavy atom. The molecule has 0 radical (unpaired) electrons. The molecular weight excluding hydrogens is 432 g/mol. The van der Waals surface area contributed by atoms with Crippen molar-refractivity contribution < 1.29 is 0 Å². The van der Waals surface area contributed by atoms with E-state index in [1.54, 1.807) is 27.8 Å². The Labute approximate surface area is 226 Å². The van der Waals surface area contributed by atoms with Crippen LogP contribution in [-0.2, 0) is 38.5 Å². The third-order valence-electron chi connectivity index (χ3n) is 7.84. The highest BCUT2D eigenvalue weighted by atomic mass is 14.2. The summed E-state index contributed by atoms with van der Waals surface area (Å²) in [6, 6.07) is 13.4. The molecule has 0 aliphatic rings. The molecule has 2 aromatic carbocycles. The Morgan fingerprint density at radius 1 is 0.417 bits per heavy atom.